The Morgan fingerprint density at radius 3 is 2.63 bits per heavy atom. The summed E-state index contributed by atoms with van der Waals surface area (Å²) in [4.78, 5) is 15.8. The van der Waals surface area contributed by atoms with Crippen molar-refractivity contribution in [1.29, 1.82) is 0 Å². The minimum atomic E-state index is -0.440. The largest absolute Gasteiger partial charge is 0.392 e. The van der Waals surface area contributed by atoms with Crippen LogP contribution in [0, 0.1) is 0 Å². The molecule has 1 saturated heterocycles. The lowest BCUT2D eigenvalue weighted by Crippen LogP contribution is -2.42. The first-order valence-electron chi connectivity index (χ1n) is 9.02. The van der Waals surface area contributed by atoms with Gasteiger partial charge in [0.1, 0.15) is 0 Å². The van der Waals surface area contributed by atoms with E-state index in [-0.39, 0.29) is 30.3 Å². The van der Waals surface area contributed by atoms with Gasteiger partial charge in [-0.1, -0.05) is 48.5 Å². The van der Waals surface area contributed by atoms with Crippen molar-refractivity contribution in [3.05, 3.63) is 71.9 Å². The molecule has 2 aromatic carbocycles. The molecule has 1 amide bonds. The summed E-state index contributed by atoms with van der Waals surface area (Å²) in [7, 11) is 0. The van der Waals surface area contributed by atoms with Gasteiger partial charge in [-0.15, -0.1) is 12.4 Å². The maximum Gasteiger partial charge on any atom is 0.237 e. The van der Waals surface area contributed by atoms with E-state index in [1.54, 1.807) is 0 Å². The smallest absolute Gasteiger partial charge is 0.237 e. The molecule has 3 aromatic rings. The number of hydrogen-bond acceptors (Lipinski definition) is 3. The Balaban J connectivity index is 0.00000210. The SMILES string of the molecule is Cl.O=C(NCC(c1ccccc1)c1c[nH]c2ccccc12)C1CC(O)CN1. The maximum absolute atomic E-state index is 12.5. The monoisotopic (exact) mass is 385 g/mol. The fourth-order valence-corrected chi connectivity index (χ4v) is 3.72. The summed E-state index contributed by atoms with van der Waals surface area (Å²) in [6.45, 7) is 0.988. The highest BCUT2D eigenvalue weighted by molar-refractivity contribution is 5.85. The van der Waals surface area contributed by atoms with Gasteiger partial charge in [-0.25, -0.2) is 0 Å². The Kier molecular flexibility index (Phi) is 6.16. The van der Waals surface area contributed by atoms with Gasteiger partial charge in [-0.2, -0.15) is 0 Å². The van der Waals surface area contributed by atoms with Gasteiger partial charge in [0.25, 0.3) is 0 Å². The highest BCUT2D eigenvalue weighted by Crippen LogP contribution is 2.30. The minimum absolute atomic E-state index is 0. The van der Waals surface area contributed by atoms with E-state index in [0.29, 0.717) is 19.5 Å². The second kappa shape index (κ2) is 8.57. The molecule has 4 N–H and O–H groups in total. The second-order valence-corrected chi connectivity index (χ2v) is 6.85. The summed E-state index contributed by atoms with van der Waals surface area (Å²) in [6.07, 6.45) is 2.06. The number of carbonyl (C=O) groups excluding carboxylic acids is 1. The minimum Gasteiger partial charge on any atom is -0.392 e. The molecule has 5 nitrogen and oxygen atoms in total. The molecule has 0 saturated carbocycles. The number of aromatic nitrogens is 1. The van der Waals surface area contributed by atoms with E-state index in [0.717, 1.165) is 11.1 Å². The summed E-state index contributed by atoms with van der Waals surface area (Å²) in [5, 5.41) is 16.9. The first kappa shape index (κ1) is 19.4. The van der Waals surface area contributed by atoms with E-state index in [2.05, 4.69) is 39.9 Å². The number of aliphatic hydroxyl groups excluding tert-OH is 1. The molecular formula is C21H24ClN3O2. The number of nitrogens with one attached hydrogen (secondary N) is 3. The molecule has 3 atom stereocenters. The summed E-state index contributed by atoms with van der Waals surface area (Å²) in [5.74, 6) is 0.00458. The van der Waals surface area contributed by atoms with Crippen LogP contribution in [0.2, 0.25) is 0 Å². The second-order valence-electron chi connectivity index (χ2n) is 6.85. The van der Waals surface area contributed by atoms with Gasteiger partial charge in [0, 0.05) is 36.1 Å². The number of halogens is 1. The lowest BCUT2D eigenvalue weighted by Gasteiger charge is -2.19. The molecule has 1 aliphatic heterocycles. The quantitative estimate of drug-likeness (QED) is 0.545. The van der Waals surface area contributed by atoms with Crippen molar-refractivity contribution in [3.8, 4) is 0 Å². The number of aromatic amines is 1. The number of hydrogen-bond donors (Lipinski definition) is 4. The Morgan fingerprint density at radius 1 is 1.15 bits per heavy atom. The van der Waals surface area contributed by atoms with Crippen LogP contribution in [0.3, 0.4) is 0 Å². The third-order valence-electron chi connectivity index (χ3n) is 5.10. The summed E-state index contributed by atoms with van der Waals surface area (Å²) < 4.78 is 0. The van der Waals surface area contributed by atoms with E-state index in [4.69, 9.17) is 0 Å². The first-order chi connectivity index (χ1) is 12.7. The molecule has 142 valence electrons. The Bertz CT molecular complexity index is 897. The predicted octanol–water partition coefficient (Wildman–Crippen LogP) is 2.56. The number of para-hydroxylation sites is 1. The van der Waals surface area contributed by atoms with E-state index in [1.165, 1.54) is 10.9 Å². The van der Waals surface area contributed by atoms with Crippen LogP contribution in [-0.2, 0) is 4.79 Å². The Hall–Kier alpha value is -2.34. The van der Waals surface area contributed by atoms with Gasteiger partial charge < -0.3 is 20.7 Å². The highest BCUT2D eigenvalue weighted by Gasteiger charge is 2.28. The van der Waals surface area contributed by atoms with Crippen molar-refractivity contribution in [2.24, 2.45) is 0 Å². The normalized spacial score (nSPS) is 20.2. The van der Waals surface area contributed by atoms with Crippen LogP contribution >= 0.6 is 12.4 Å². The van der Waals surface area contributed by atoms with Crippen molar-refractivity contribution in [3.63, 3.8) is 0 Å². The zero-order valence-corrected chi connectivity index (χ0v) is 15.7. The van der Waals surface area contributed by atoms with Gasteiger partial charge >= 0.3 is 0 Å². The number of carbonyl (C=O) groups is 1. The van der Waals surface area contributed by atoms with Crippen molar-refractivity contribution in [2.45, 2.75) is 24.5 Å². The third kappa shape index (κ3) is 4.16. The maximum atomic E-state index is 12.5. The van der Waals surface area contributed by atoms with Gasteiger partial charge in [0.15, 0.2) is 0 Å². The van der Waals surface area contributed by atoms with Crippen molar-refractivity contribution >= 4 is 29.2 Å². The zero-order chi connectivity index (χ0) is 17.9. The summed E-state index contributed by atoms with van der Waals surface area (Å²) >= 11 is 0. The standard InChI is InChI=1S/C21H23N3O2.ClH/c25-15-10-20(22-11-15)21(26)24-12-17(14-6-2-1-3-7-14)18-13-23-19-9-5-4-8-16(18)19;/h1-9,13,15,17,20,22-23,25H,10-12H2,(H,24,26);1H. The fourth-order valence-electron chi connectivity index (χ4n) is 3.72. The number of fused-ring (bicyclic) bond motifs is 1. The summed E-state index contributed by atoms with van der Waals surface area (Å²) in [5.41, 5.74) is 3.43. The Labute approximate surface area is 164 Å². The van der Waals surface area contributed by atoms with Crippen LogP contribution in [0.15, 0.2) is 60.8 Å². The number of β-amino-alcohol motifs (C(OH)–C–C–N with tert-alkyl or cyclic N) is 1. The number of benzene rings is 2. The van der Waals surface area contributed by atoms with Gasteiger partial charge in [-0.05, 0) is 23.6 Å². The lowest BCUT2D eigenvalue weighted by molar-refractivity contribution is -0.122. The van der Waals surface area contributed by atoms with Gasteiger partial charge in [0.05, 0.1) is 12.1 Å². The molecular weight excluding hydrogens is 362 g/mol. The molecule has 1 aliphatic rings. The summed E-state index contributed by atoms with van der Waals surface area (Å²) in [6, 6.07) is 18.1. The van der Waals surface area contributed by atoms with E-state index in [9.17, 15) is 9.90 Å². The molecule has 0 radical (unpaired) electrons. The molecule has 3 unspecified atom stereocenters. The topological polar surface area (TPSA) is 77.2 Å². The van der Waals surface area contributed by atoms with E-state index < -0.39 is 6.10 Å². The van der Waals surface area contributed by atoms with Crippen LogP contribution in [0.4, 0.5) is 0 Å². The zero-order valence-electron chi connectivity index (χ0n) is 14.9. The average molecular weight is 386 g/mol. The molecule has 1 aromatic heterocycles. The number of aliphatic hydroxyl groups is 1. The molecule has 0 spiro atoms. The van der Waals surface area contributed by atoms with Crippen LogP contribution < -0.4 is 10.6 Å². The molecule has 1 fully saturated rings. The van der Waals surface area contributed by atoms with Crippen LogP contribution in [0.1, 0.15) is 23.5 Å². The van der Waals surface area contributed by atoms with Crippen molar-refractivity contribution in [1.82, 2.24) is 15.6 Å². The molecule has 4 rings (SSSR count). The van der Waals surface area contributed by atoms with E-state index in [1.807, 2.05) is 36.5 Å². The molecule has 0 bridgehead atoms. The molecule has 0 aliphatic carbocycles. The van der Waals surface area contributed by atoms with Gasteiger partial charge in [-0.3, -0.25) is 4.79 Å². The average Bonchev–Trinajstić information content (AvgIpc) is 3.29. The van der Waals surface area contributed by atoms with Gasteiger partial charge in [0.2, 0.25) is 5.91 Å². The lowest BCUT2D eigenvalue weighted by atomic mass is 9.91. The fraction of sp³-hybridized carbons (Fsp3) is 0.286. The number of rotatable bonds is 5. The number of H-pyrrole nitrogens is 1. The van der Waals surface area contributed by atoms with Crippen LogP contribution in [0.25, 0.3) is 10.9 Å². The van der Waals surface area contributed by atoms with Crippen LogP contribution in [-0.4, -0.2) is 41.2 Å². The first-order valence-corrected chi connectivity index (χ1v) is 9.02. The predicted molar refractivity (Wildman–Crippen MR) is 109 cm³/mol. The molecule has 2 heterocycles. The Morgan fingerprint density at radius 2 is 1.89 bits per heavy atom. The molecule has 27 heavy (non-hydrogen) atoms. The van der Waals surface area contributed by atoms with E-state index >= 15 is 0 Å². The number of amides is 1. The van der Waals surface area contributed by atoms with Crippen LogP contribution in [0.5, 0.6) is 0 Å². The van der Waals surface area contributed by atoms with Crippen molar-refractivity contribution in [2.75, 3.05) is 13.1 Å². The molecule has 6 heteroatoms. The third-order valence-corrected chi connectivity index (χ3v) is 5.10. The van der Waals surface area contributed by atoms with Crippen molar-refractivity contribution < 1.29 is 9.90 Å². The highest BCUT2D eigenvalue weighted by atomic mass is 35.5.